The maximum absolute atomic E-state index is 11.2. The lowest BCUT2D eigenvalue weighted by atomic mass is 10.0. The number of hydrogen-bond acceptors (Lipinski definition) is 4. The number of Topliss-reactive ketones (excluding diaryl/α,β-unsaturated/α-hetero) is 1. The molecule has 0 aromatic carbocycles. The summed E-state index contributed by atoms with van der Waals surface area (Å²) >= 11 is 0. The standard InChI is InChI=1S/C12H18N2O2/c1-3-14-7-5-4-6-11(14)12-13-10(8-16-12)9(2)15/h8,11H,3-7H2,1-2H3. The third-order valence-electron chi connectivity index (χ3n) is 3.19. The predicted octanol–water partition coefficient (Wildman–Crippen LogP) is 2.42. The molecule has 16 heavy (non-hydrogen) atoms. The molecule has 0 spiro atoms. The van der Waals surface area contributed by atoms with Crippen LogP contribution in [0.1, 0.15) is 55.5 Å². The summed E-state index contributed by atoms with van der Waals surface area (Å²) in [6.45, 7) is 5.76. The molecular weight excluding hydrogens is 204 g/mol. The lowest BCUT2D eigenvalue weighted by Crippen LogP contribution is -2.33. The Morgan fingerprint density at radius 3 is 3.06 bits per heavy atom. The van der Waals surface area contributed by atoms with Gasteiger partial charge in [-0.05, 0) is 25.9 Å². The number of oxazole rings is 1. The molecule has 1 aromatic rings. The van der Waals surface area contributed by atoms with Crippen molar-refractivity contribution < 1.29 is 9.21 Å². The van der Waals surface area contributed by atoms with Gasteiger partial charge in [-0.3, -0.25) is 9.69 Å². The molecule has 88 valence electrons. The number of hydrogen-bond donors (Lipinski definition) is 0. The molecular formula is C12H18N2O2. The van der Waals surface area contributed by atoms with Gasteiger partial charge in [0.1, 0.15) is 12.0 Å². The van der Waals surface area contributed by atoms with Gasteiger partial charge in [-0.15, -0.1) is 0 Å². The number of nitrogens with zero attached hydrogens (tertiary/aromatic N) is 2. The quantitative estimate of drug-likeness (QED) is 0.737. The molecule has 1 aliphatic heterocycles. The van der Waals surface area contributed by atoms with Crippen LogP contribution < -0.4 is 0 Å². The minimum atomic E-state index is -0.0335. The summed E-state index contributed by atoms with van der Waals surface area (Å²) in [5.74, 6) is 0.667. The summed E-state index contributed by atoms with van der Waals surface area (Å²) in [5, 5.41) is 0. The summed E-state index contributed by atoms with van der Waals surface area (Å²) in [6.07, 6.45) is 5.00. The molecule has 0 amide bonds. The van der Waals surface area contributed by atoms with Crippen LogP contribution in [0, 0.1) is 0 Å². The second-order valence-corrected chi connectivity index (χ2v) is 4.27. The summed E-state index contributed by atoms with van der Waals surface area (Å²) in [4.78, 5) is 17.8. The van der Waals surface area contributed by atoms with Gasteiger partial charge < -0.3 is 4.42 Å². The molecule has 2 rings (SSSR count). The molecule has 1 atom stereocenters. The Hall–Kier alpha value is -1.16. The lowest BCUT2D eigenvalue weighted by molar-refractivity contribution is 0.101. The monoisotopic (exact) mass is 222 g/mol. The van der Waals surface area contributed by atoms with E-state index in [4.69, 9.17) is 4.42 Å². The van der Waals surface area contributed by atoms with E-state index < -0.39 is 0 Å². The molecule has 2 heterocycles. The van der Waals surface area contributed by atoms with Gasteiger partial charge >= 0.3 is 0 Å². The number of aromatic nitrogens is 1. The van der Waals surface area contributed by atoms with Crippen molar-refractivity contribution in [2.45, 2.75) is 39.2 Å². The van der Waals surface area contributed by atoms with Crippen LogP contribution in [0.5, 0.6) is 0 Å². The van der Waals surface area contributed by atoms with Crippen molar-refractivity contribution in [1.82, 2.24) is 9.88 Å². The van der Waals surface area contributed by atoms with E-state index in [0.717, 1.165) is 19.5 Å². The van der Waals surface area contributed by atoms with Crippen LogP contribution in [0.4, 0.5) is 0 Å². The molecule has 1 unspecified atom stereocenters. The molecule has 1 fully saturated rings. The normalized spacial score (nSPS) is 22.2. The zero-order chi connectivity index (χ0) is 11.5. The summed E-state index contributed by atoms with van der Waals surface area (Å²) in [6, 6.07) is 0.256. The average molecular weight is 222 g/mol. The van der Waals surface area contributed by atoms with Crippen LogP contribution in [0.3, 0.4) is 0 Å². The fourth-order valence-corrected chi connectivity index (χ4v) is 2.25. The van der Waals surface area contributed by atoms with Gasteiger partial charge in [-0.2, -0.15) is 0 Å². The Morgan fingerprint density at radius 1 is 1.62 bits per heavy atom. The first-order valence-corrected chi connectivity index (χ1v) is 5.92. The van der Waals surface area contributed by atoms with E-state index >= 15 is 0 Å². The maximum atomic E-state index is 11.2. The minimum Gasteiger partial charge on any atom is -0.446 e. The van der Waals surface area contributed by atoms with Crippen LogP contribution in [0.2, 0.25) is 0 Å². The third kappa shape index (κ3) is 2.16. The average Bonchev–Trinajstić information content (AvgIpc) is 2.78. The Bertz CT molecular complexity index is 373. The highest BCUT2D eigenvalue weighted by Gasteiger charge is 2.26. The number of piperidine rings is 1. The Labute approximate surface area is 95.6 Å². The first kappa shape index (κ1) is 11.3. The number of likely N-dealkylation sites (tertiary alicyclic amines) is 1. The number of ketones is 1. The van der Waals surface area contributed by atoms with E-state index in [2.05, 4.69) is 16.8 Å². The van der Waals surface area contributed by atoms with Crippen molar-refractivity contribution >= 4 is 5.78 Å². The van der Waals surface area contributed by atoms with Gasteiger partial charge in [0.15, 0.2) is 5.78 Å². The van der Waals surface area contributed by atoms with Crippen molar-refractivity contribution in [2.24, 2.45) is 0 Å². The van der Waals surface area contributed by atoms with E-state index in [9.17, 15) is 4.79 Å². The highest BCUT2D eigenvalue weighted by molar-refractivity contribution is 5.91. The van der Waals surface area contributed by atoms with Crippen LogP contribution in [-0.2, 0) is 0 Å². The van der Waals surface area contributed by atoms with Crippen molar-refractivity contribution in [3.05, 3.63) is 17.8 Å². The number of carbonyl (C=O) groups excluding carboxylic acids is 1. The summed E-state index contributed by atoms with van der Waals surface area (Å²) in [5.41, 5.74) is 0.441. The molecule has 0 aliphatic carbocycles. The lowest BCUT2D eigenvalue weighted by Gasteiger charge is -2.32. The molecule has 0 bridgehead atoms. The molecule has 0 saturated carbocycles. The zero-order valence-corrected chi connectivity index (χ0v) is 9.90. The van der Waals surface area contributed by atoms with Crippen LogP contribution in [-0.4, -0.2) is 28.8 Å². The van der Waals surface area contributed by atoms with Gasteiger partial charge in [0.2, 0.25) is 5.89 Å². The van der Waals surface area contributed by atoms with E-state index in [1.807, 2.05) is 0 Å². The van der Waals surface area contributed by atoms with Crippen molar-refractivity contribution in [3.8, 4) is 0 Å². The Balaban J connectivity index is 2.17. The van der Waals surface area contributed by atoms with E-state index in [0.29, 0.717) is 11.6 Å². The largest absolute Gasteiger partial charge is 0.446 e. The van der Waals surface area contributed by atoms with Crippen molar-refractivity contribution in [3.63, 3.8) is 0 Å². The molecule has 4 nitrogen and oxygen atoms in total. The van der Waals surface area contributed by atoms with Crippen molar-refractivity contribution in [2.75, 3.05) is 13.1 Å². The SMILES string of the molecule is CCN1CCCCC1c1nc(C(C)=O)co1. The fraction of sp³-hybridized carbons (Fsp3) is 0.667. The first-order valence-electron chi connectivity index (χ1n) is 5.92. The van der Waals surface area contributed by atoms with E-state index in [1.165, 1.54) is 26.0 Å². The van der Waals surface area contributed by atoms with Gasteiger partial charge in [0.25, 0.3) is 0 Å². The number of rotatable bonds is 3. The zero-order valence-electron chi connectivity index (χ0n) is 9.90. The molecule has 0 N–H and O–H groups in total. The molecule has 4 heteroatoms. The van der Waals surface area contributed by atoms with Gasteiger partial charge in [0.05, 0.1) is 6.04 Å². The summed E-state index contributed by atoms with van der Waals surface area (Å²) in [7, 11) is 0. The predicted molar refractivity (Wildman–Crippen MR) is 60.3 cm³/mol. The topological polar surface area (TPSA) is 46.3 Å². The summed E-state index contributed by atoms with van der Waals surface area (Å²) < 4.78 is 5.42. The van der Waals surface area contributed by atoms with Crippen LogP contribution >= 0.6 is 0 Å². The van der Waals surface area contributed by atoms with Gasteiger partial charge in [0, 0.05) is 6.92 Å². The van der Waals surface area contributed by atoms with Crippen molar-refractivity contribution in [1.29, 1.82) is 0 Å². The third-order valence-corrected chi connectivity index (χ3v) is 3.19. The molecule has 0 radical (unpaired) electrons. The Morgan fingerprint density at radius 2 is 2.44 bits per heavy atom. The maximum Gasteiger partial charge on any atom is 0.212 e. The molecule has 1 aromatic heterocycles. The van der Waals surface area contributed by atoms with Gasteiger partial charge in [-0.25, -0.2) is 4.98 Å². The minimum absolute atomic E-state index is 0.0335. The molecule has 1 saturated heterocycles. The van der Waals surface area contributed by atoms with E-state index in [-0.39, 0.29) is 11.8 Å². The second-order valence-electron chi connectivity index (χ2n) is 4.27. The Kier molecular flexibility index (Phi) is 3.39. The molecule has 1 aliphatic rings. The highest BCUT2D eigenvalue weighted by atomic mass is 16.3. The van der Waals surface area contributed by atoms with Crippen LogP contribution in [0.25, 0.3) is 0 Å². The van der Waals surface area contributed by atoms with E-state index in [1.54, 1.807) is 0 Å². The van der Waals surface area contributed by atoms with Crippen LogP contribution in [0.15, 0.2) is 10.7 Å². The second kappa shape index (κ2) is 4.78. The number of carbonyl (C=O) groups is 1. The fourth-order valence-electron chi connectivity index (χ4n) is 2.25. The van der Waals surface area contributed by atoms with Gasteiger partial charge in [-0.1, -0.05) is 13.3 Å². The highest BCUT2D eigenvalue weighted by Crippen LogP contribution is 2.29. The first-order chi connectivity index (χ1) is 7.72. The smallest absolute Gasteiger partial charge is 0.212 e.